The molecule has 0 radical (unpaired) electrons. The minimum atomic E-state index is -1.49. The van der Waals surface area contributed by atoms with Crippen molar-refractivity contribution in [2.45, 2.75) is 166 Å². The number of carbonyl (C=O) groups is 8. The Labute approximate surface area is 288 Å². The minimum Gasteiger partial charge on any atom is -0.481 e. The molecule has 0 fully saturated rings. The van der Waals surface area contributed by atoms with Crippen LogP contribution in [0.15, 0.2) is 0 Å². The molecule has 0 aromatic heterocycles. The minimum absolute atomic E-state index is 0.0621. The van der Waals surface area contributed by atoms with Gasteiger partial charge in [-0.15, -0.1) is 0 Å². The predicted octanol–water partition coefficient (Wildman–Crippen LogP) is 3.95. The fourth-order valence-electron chi connectivity index (χ4n) is 5.15. The number of carboxylic acids is 4. The Kier molecular flexibility index (Phi) is 25.6. The van der Waals surface area contributed by atoms with Gasteiger partial charge < -0.3 is 41.2 Å². The highest BCUT2D eigenvalue weighted by Crippen LogP contribution is 2.14. The van der Waals surface area contributed by atoms with Crippen LogP contribution in [0.4, 0.5) is 0 Å². The number of ketones is 1. The van der Waals surface area contributed by atoms with Crippen LogP contribution in [0.1, 0.15) is 148 Å². The summed E-state index contributed by atoms with van der Waals surface area (Å²) in [6.45, 7) is 1.28. The number of hydrogen-bond donors (Lipinski definition) is 7. The van der Waals surface area contributed by atoms with E-state index in [1.807, 2.05) is 0 Å². The van der Waals surface area contributed by atoms with E-state index in [1.165, 1.54) is 32.6 Å². The van der Waals surface area contributed by atoms with Crippen LogP contribution in [0.5, 0.6) is 0 Å². The van der Waals surface area contributed by atoms with Crippen LogP contribution >= 0.6 is 0 Å². The highest BCUT2D eigenvalue weighted by Gasteiger charge is 2.26. The predicted molar refractivity (Wildman–Crippen MR) is 179 cm³/mol. The zero-order valence-corrected chi connectivity index (χ0v) is 28.8. The third kappa shape index (κ3) is 26.6. The van der Waals surface area contributed by atoms with Gasteiger partial charge in [0.15, 0.2) is 0 Å². The van der Waals surface area contributed by atoms with Crippen LogP contribution in [-0.4, -0.2) is 85.9 Å². The maximum Gasteiger partial charge on any atom is 0.326 e. The van der Waals surface area contributed by atoms with Crippen LogP contribution in [0.3, 0.4) is 0 Å². The molecule has 15 heteroatoms. The molecule has 0 aliphatic heterocycles. The highest BCUT2D eigenvalue weighted by molar-refractivity contribution is 5.87. The van der Waals surface area contributed by atoms with Crippen LogP contribution in [0.25, 0.3) is 0 Å². The first-order valence-corrected chi connectivity index (χ1v) is 17.5. The van der Waals surface area contributed by atoms with Crippen LogP contribution in [-0.2, 0) is 38.4 Å². The Morgan fingerprint density at radius 2 is 0.653 bits per heavy atom. The number of carbonyl (C=O) groups excluding carboxylic acids is 4. The summed E-state index contributed by atoms with van der Waals surface area (Å²) in [6, 6.07) is -4.15. The number of nitrogens with one attached hydrogen (secondary N) is 3. The molecule has 0 spiro atoms. The fourth-order valence-corrected chi connectivity index (χ4v) is 5.15. The molecule has 0 bridgehead atoms. The Bertz CT molecular complexity index is 1070. The van der Waals surface area contributed by atoms with E-state index in [0.29, 0.717) is 6.42 Å². The molecule has 0 aromatic carbocycles. The largest absolute Gasteiger partial charge is 0.481 e. The van der Waals surface area contributed by atoms with Gasteiger partial charge in [-0.3, -0.25) is 19.2 Å². The van der Waals surface area contributed by atoms with E-state index in [4.69, 9.17) is 5.11 Å². The molecular formula is C34H57N3O12. The monoisotopic (exact) mass is 699 g/mol. The lowest BCUT2D eigenvalue weighted by Gasteiger charge is -2.18. The molecule has 0 heterocycles. The summed E-state index contributed by atoms with van der Waals surface area (Å²) in [4.78, 5) is 93.0. The van der Waals surface area contributed by atoms with Gasteiger partial charge in [0.25, 0.3) is 0 Å². The smallest absolute Gasteiger partial charge is 0.326 e. The van der Waals surface area contributed by atoms with E-state index in [1.54, 1.807) is 0 Å². The van der Waals surface area contributed by atoms with Crippen molar-refractivity contribution in [1.82, 2.24) is 16.0 Å². The molecule has 0 aliphatic rings. The SMILES string of the molecule is CC(=O)CCC(NC(=O)CCC(NC(=O)CCC(NC(=O)CCCCCCCCCCCCCCCCC(=O)O)C(=O)O)C(=O)O)C(=O)O. The van der Waals surface area contributed by atoms with Crippen molar-refractivity contribution in [1.29, 1.82) is 0 Å². The van der Waals surface area contributed by atoms with Crippen molar-refractivity contribution in [3.8, 4) is 0 Å². The summed E-state index contributed by atoms with van der Waals surface area (Å²) in [6.07, 6.45) is 13.2. The lowest BCUT2D eigenvalue weighted by molar-refractivity contribution is -0.144. The van der Waals surface area contributed by atoms with Gasteiger partial charge in [0, 0.05) is 32.1 Å². The molecule has 0 rings (SSSR count). The summed E-state index contributed by atoms with van der Waals surface area (Å²) >= 11 is 0. The molecule has 3 amide bonds. The van der Waals surface area contributed by atoms with Gasteiger partial charge in [-0.1, -0.05) is 77.0 Å². The molecule has 0 aliphatic carbocycles. The molecule has 0 saturated carbocycles. The zero-order chi connectivity index (χ0) is 37.0. The van der Waals surface area contributed by atoms with Crippen molar-refractivity contribution in [3.63, 3.8) is 0 Å². The van der Waals surface area contributed by atoms with E-state index in [9.17, 15) is 53.7 Å². The number of hydrogen-bond acceptors (Lipinski definition) is 8. The van der Waals surface area contributed by atoms with Gasteiger partial charge in [-0.2, -0.15) is 0 Å². The Morgan fingerprint density at radius 1 is 0.388 bits per heavy atom. The second kappa shape index (κ2) is 27.9. The van der Waals surface area contributed by atoms with Gasteiger partial charge in [0.05, 0.1) is 0 Å². The number of unbranched alkanes of at least 4 members (excludes halogenated alkanes) is 13. The van der Waals surface area contributed by atoms with Gasteiger partial charge in [0.1, 0.15) is 23.9 Å². The van der Waals surface area contributed by atoms with E-state index < -0.39 is 72.6 Å². The molecule has 280 valence electrons. The third-order valence-corrected chi connectivity index (χ3v) is 8.05. The summed E-state index contributed by atoms with van der Waals surface area (Å²) in [5.74, 6) is -7.11. The maximum absolute atomic E-state index is 12.4. The number of Topliss-reactive ketones (excluding diaryl/α,β-unsaturated/α-hetero) is 1. The summed E-state index contributed by atoms with van der Waals surface area (Å²) < 4.78 is 0. The number of carboxylic acid groups (broad SMARTS) is 4. The van der Waals surface area contributed by atoms with Crippen molar-refractivity contribution < 1.29 is 58.8 Å². The van der Waals surface area contributed by atoms with Gasteiger partial charge >= 0.3 is 23.9 Å². The summed E-state index contributed by atoms with van der Waals surface area (Å²) in [7, 11) is 0. The first-order chi connectivity index (χ1) is 23.2. The lowest BCUT2D eigenvalue weighted by atomic mass is 10.0. The number of aliphatic carboxylic acids is 4. The standard InChI is InChI=1S/C34H57N3O12/c1-24(38)18-19-25(32(44)45)36-29(40)23-21-27(34(48)49)37-30(41)22-20-26(33(46)47)35-28(39)16-14-12-10-8-6-4-2-3-5-7-9-11-13-15-17-31(42)43/h25-27H,2-23H2,1H3,(H,35,39)(H,36,40)(H,37,41)(H,42,43)(H,44,45)(H,46,47)(H,48,49). The van der Waals surface area contributed by atoms with E-state index in [0.717, 1.165) is 57.8 Å². The van der Waals surface area contributed by atoms with E-state index in [2.05, 4.69) is 16.0 Å². The third-order valence-electron chi connectivity index (χ3n) is 8.05. The van der Waals surface area contributed by atoms with E-state index >= 15 is 0 Å². The maximum atomic E-state index is 12.4. The molecule has 3 atom stereocenters. The van der Waals surface area contributed by atoms with Crippen molar-refractivity contribution in [2.75, 3.05) is 0 Å². The first-order valence-electron chi connectivity index (χ1n) is 17.5. The number of amides is 3. The van der Waals surface area contributed by atoms with Crippen LogP contribution in [0.2, 0.25) is 0 Å². The van der Waals surface area contributed by atoms with Crippen LogP contribution in [0, 0.1) is 0 Å². The van der Waals surface area contributed by atoms with Crippen molar-refractivity contribution in [3.05, 3.63) is 0 Å². The molecule has 3 unspecified atom stereocenters. The zero-order valence-electron chi connectivity index (χ0n) is 28.8. The molecule has 0 aromatic rings. The Hall–Kier alpha value is -4.04. The molecular weight excluding hydrogens is 642 g/mol. The normalized spacial score (nSPS) is 12.7. The van der Waals surface area contributed by atoms with Gasteiger partial charge in [0.2, 0.25) is 17.7 Å². The van der Waals surface area contributed by atoms with Crippen molar-refractivity contribution in [2.24, 2.45) is 0 Å². The molecule has 49 heavy (non-hydrogen) atoms. The molecule has 7 N–H and O–H groups in total. The van der Waals surface area contributed by atoms with Gasteiger partial charge in [-0.25, -0.2) is 14.4 Å². The molecule has 0 saturated heterocycles. The topological polar surface area (TPSA) is 254 Å². The van der Waals surface area contributed by atoms with Gasteiger partial charge in [-0.05, 0) is 39.0 Å². The Balaban J connectivity index is 4.21. The average Bonchev–Trinajstić information content (AvgIpc) is 3.02. The summed E-state index contributed by atoms with van der Waals surface area (Å²) in [5, 5.41) is 43.6. The quantitative estimate of drug-likeness (QED) is 0.0493. The summed E-state index contributed by atoms with van der Waals surface area (Å²) in [5.41, 5.74) is 0. The molecule has 15 nitrogen and oxygen atoms in total. The van der Waals surface area contributed by atoms with Crippen molar-refractivity contribution >= 4 is 47.4 Å². The lowest BCUT2D eigenvalue weighted by Crippen LogP contribution is -2.45. The second-order valence-electron chi connectivity index (χ2n) is 12.5. The Morgan fingerprint density at radius 3 is 0.939 bits per heavy atom. The average molecular weight is 700 g/mol. The second-order valence-corrected chi connectivity index (χ2v) is 12.5. The highest BCUT2D eigenvalue weighted by atomic mass is 16.4. The first kappa shape index (κ1) is 45.0. The fraction of sp³-hybridized carbons (Fsp3) is 0.765. The number of rotatable bonds is 32. The van der Waals surface area contributed by atoms with Crippen LogP contribution < -0.4 is 16.0 Å². The van der Waals surface area contributed by atoms with E-state index in [-0.39, 0.29) is 44.3 Å².